The second kappa shape index (κ2) is 8.84. The van der Waals surface area contributed by atoms with Gasteiger partial charge >= 0.3 is 0 Å². The molecule has 6 heteroatoms. The highest BCUT2D eigenvalue weighted by Crippen LogP contribution is 2.30. The Balaban J connectivity index is 1.42. The van der Waals surface area contributed by atoms with Crippen LogP contribution < -0.4 is 0 Å². The summed E-state index contributed by atoms with van der Waals surface area (Å²) in [6.07, 6.45) is 8.51. The average Bonchev–Trinajstić information content (AvgIpc) is 2.78. The first kappa shape index (κ1) is 20.4. The molecule has 1 aliphatic carbocycles. The Labute approximate surface area is 173 Å². The summed E-state index contributed by atoms with van der Waals surface area (Å²) in [5, 5.41) is 1.72. The fraction of sp³-hybridized carbons (Fsp3) is 0.522. The standard InChI is InChI=1S/C23H30N2O3S/c26-18-24(21-9-2-1-3-10-21)17-19-13-15-25(16-14-19)29(27,28)23-12-6-8-20-7-4-5-11-22(20)23/h4-8,11-12,18-19,21H,1-3,9-10,13-17H2. The minimum atomic E-state index is -3.52. The van der Waals surface area contributed by atoms with Crippen LogP contribution in [-0.2, 0) is 14.8 Å². The Bertz CT molecular complexity index is 940. The quantitative estimate of drug-likeness (QED) is 0.671. The van der Waals surface area contributed by atoms with Gasteiger partial charge in [0.05, 0.1) is 4.90 Å². The van der Waals surface area contributed by atoms with Gasteiger partial charge in [-0.1, -0.05) is 55.7 Å². The van der Waals surface area contributed by atoms with Gasteiger partial charge in [-0.25, -0.2) is 8.42 Å². The first-order chi connectivity index (χ1) is 14.1. The Morgan fingerprint density at radius 1 is 0.931 bits per heavy atom. The summed E-state index contributed by atoms with van der Waals surface area (Å²) in [6, 6.07) is 13.5. The molecule has 2 fully saturated rings. The lowest BCUT2D eigenvalue weighted by atomic mass is 9.92. The van der Waals surface area contributed by atoms with E-state index in [0.29, 0.717) is 29.9 Å². The molecule has 0 unspecified atom stereocenters. The van der Waals surface area contributed by atoms with Crippen molar-refractivity contribution in [2.75, 3.05) is 19.6 Å². The lowest BCUT2D eigenvalue weighted by Crippen LogP contribution is -2.44. The summed E-state index contributed by atoms with van der Waals surface area (Å²) < 4.78 is 28.2. The van der Waals surface area contributed by atoms with Crippen LogP contribution in [0.15, 0.2) is 47.4 Å². The van der Waals surface area contributed by atoms with E-state index in [9.17, 15) is 13.2 Å². The van der Waals surface area contributed by atoms with Gasteiger partial charge in [0.1, 0.15) is 0 Å². The lowest BCUT2D eigenvalue weighted by molar-refractivity contribution is -0.121. The minimum Gasteiger partial charge on any atom is -0.342 e. The van der Waals surface area contributed by atoms with Crippen LogP contribution in [0.2, 0.25) is 0 Å². The van der Waals surface area contributed by atoms with Crippen molar-refractivity contribution in [3.05, 3.63) is 42.5 Å². The highest BCUT2D eigenvalue weighted by Gasteiger charge is 2.32. The number of benzene rings is 2. The molecule has 0 atom stereocenters. The maximum atomic E-state index is 13.3. The molecule has 2 aromatic rings. The molecule has 0 aromatic heterocycles. The van der Waals surface area contributed by atoms with E-state index in [4.69, 9.17) is 0 Å². The number of hydrogen-bond donors (Lipinski definition) is 0. The molecule has 156 valence electrons. The van der Waals surface area contributed by atoms with Crippen LogP contribution in [0.5, 0.6) is 0 Å². The van der Waals surface area contributed by atoms with Crippen molar-refractivity contribution in [2.45, 2.75) is 55.9 Å². The summed E-state index contributed by atoms with van der Waals surface area (Å²) >= 11 is 0. The van der Waals surface area contributed by atoms with Gasteiger partial charge in [0, 0.05) is 31.1 Å². The molecule has 2 aliphatic rings. The van der Waals surface area contributed by atoms with E-state index in [-0.39, 0.29) is 0 Å². The zero-order valence-corrected chi connectivity index (χ0v) is 17.7. The van der Waals surface area contributed by atoms with Crippen molar-refractivity contribution in [1.82, 2.24) is 9.21 Å². The number of piperidine rings is 1. The average molecular weight is 415 g/mol. The Hall–Kier alpha value is -1.92. The largest absolute Gasteiger partial charge is 0.342 e. The van der Waals surface area contributed by atoms with Crippen LogP contribution in [0.3, 0.4) is 0 Å². The molecule has 1 saturated carbocycles. The van der Waals surface area contributed by atoms with E-state index in [2.05, 4.69) is 0 Å². The van der Waals surface area contributed by atoms with Gasteiger partial charge in [-0.15, -0.1) is 0 Å². The lowest BCUT2D eigenvalue weighted by Gasteiger charge is -2.37. The molecule has 5 nitrogen and oxygen atoms in total. The van der Waals surface area contributed by atoms with Crippen LogP contribution in [0.1, 0.15) is 44.9 Å². The fourth-order valence-electron chi connectivity index (χ4n) is 4.88. The second-order valence-corrected chi connectivity index (χ2v) is 10.3. The number of carbonyl (C=O) groups excluding carboxylic acids is 1. The fourth-order valence-corrected chi connectivity index (χ4v) is 6.56. The molecule has 4 rings (SSSR count). The topological polar surface area (TPSA) is 57.7 Å². The van der Waals surface area contributed by atoms with Gasteiger partial charge in [-0.05, 0) is 43.1 Å². The Morgan fingerprint density at radius 2 is 1.62 bits per heavy atom. The highest BCUT2D eigenvalue weighted by molar-refractivity contribution is 7.89. The number of sulfonamides is 1. The number of hydrogen-bond acceptors (Lipinski definition) is 3. The monoisotopic (exact) mass is 414 g/mol. The van der Waals surface area contributed by atoms with Crippen LogP contribution in [0.4, 0.5) is 0 Å². The molecule has 2 aromatic carbocycles. The third-order valence-corrected chi connectivity index (χ3v) is 8.55. The van der Waals surface area contributed by atoms with Crippen LogP contribution in [0, 0.1) is 5.92 Å². The van der Waals surface area contributed by atoms with Gasteiger partial charge in [0.15, 0.2) is 0 Å². The minimum absolute atomic E-state index is 0.374. The summed E-state index contributed by atoms with van der Waals surface area (Å²) in [5.74, 6) is 0.376. The van der Waals surface area contributed by atoms with E-state index in [1.54, 1.807) is 10.4 Å². The van der Waals surface area contributed by atoms with E-state index in [0.717, 1.165) is 49.4 Å². The summed E-state index contributed by atoms with van der Waals surface area (Å²) in [4.78, 5) is 14.0. The van der Waals surface area contributed by atoms with Crippen molar-refractivity contribution in [1.29, 1.82) is 0 Å². The predicted octanol–water partition coefficient (Wildman–Crippen LogP) is 4.03. The van der Waals surface area contributed by atoms with E-state index in [1.807, 2.05) is 41.3 Å². The zero-order valence-electron chi connectivity index (χ0n) is 16.9. The highest BCUT2D eigenvalue weighted by atomic mass is 32.2. The second-order valence-electron chi connectivity index (χ2n) is 8.42. The van der Waals surface area contributed by atoms with E-state index in [1.165, 1.54) is 19.3 Å². The summed E-state index contributed by atoms with van der Waals surface area (Å²) in [6.45, 7) is 1.80. The number of rotatable bonds is 6. The van der Waals surface area contributed by atoms with Crippen molar-refractivity contribution < 1.29 is 13.2 Å². The summed E-state index contributed by atoms with van der Waals surface area (Å²) in [5.41, 5.74) is 0. The smallest absolute Gasteiger partial charge is 0.243 e. The number of nitrogens with zero attached hydrogens (tertiary/aromatic N) is 2. The molecule has 1 saturated heterocycles. The Morgan fingerprint density at radius 3 is 2.34 bits per heavy atom. The van der Waals surface area contributed by atoms with Crippen molar-refractivity contribution in [3.63, 3.8) is 0 Å². The third kappa shape index (κ3) is 4.33. The summed E-state index contributed by atoms with van der Waals surface area (Å²) in [7, 11) is -3.52. The molecule has 0 radical (unpaired) electrons. The molecular weight excluding hydrogens is 384 g/mol. The molecule has 0 spiro atoms. The van der Waals surface area contributed by atoms with Crippen molar-refractivity contribution in [2.24, 2.45) is 5.92 Å². The maximum Gasteiger partial charge on any atom is 0.243 e. The van der Waals surface area contributed by atoms with E-state index < -0.39 is 10.0 Å². The molecule has 1 amide bonds. The third-order valence-electron chi connectivity index (χ3n) is 6.59. The van der Waals surface area contributed by atoms with Gasteiger partial charge in [-0.3, -0.25) is 4.79 Å². The Kier molecular flexibility index (Phi) is 6.20. The van der Waals surface area contributed by atoms with E-state index >= 15 is 0 Å². The molecular formula is C23H30N2O3S. The van der Waals surface area contributed by atoms with Crippen molar-refractivity contribution in [3.8, 4) is 0 Å². The van der Waals surface area contributed by atoms with Gasteiger partial charge < -0.3 is 4.90 Å². The predicted molar refractivity (Wildman–Crippen MR) is 115 cm³/mol. The SMILES string of the molecule is O=CN(CC1CCN(S(=O)(=O)c2cccc3ccccc23)CC1)C1CCCCC1. The first-order valence-electron chi connectivity index (χ1n) is 10.8. The molecule has 0 bridgehead atoms. The van der Waals surface area contributed by atoms with Crippen LogP contribution in [-0.4, -0.2) is 49.7 Å². The molecule has 29 heavy (non-hydrogen) atoms. The van der Waals surface area contributed by atoms with Gasteiger partial charge in [0.2, 0.25) is 16.4 Å². The molecule has 1 aliphatic heterocycles. The van der Waals surface area contributed by atoms with Crippen LogP contribution in [0.25, 0.3) is 10.8 Å². The number of fused-ring (bicyclic) bond motifs is 1. The maximum absolute atomic E-state index is 13.3. The molecule has 0 N–H and O–H groups in total. The number of carbonyl (C=O) groups is 1. The van der Waals surface area contributed by atoms with Gasteiger partial charge in [-0.2, -0.15) is 4.31 Å². The van der Waals surface area contributed by atoms with Gasteiger partial charge in [0.25, 0.3) is 0 Å². The number of amides is 1. The normalized spacial score (nSPS) is 20.0. The van der Waals surface area contributed by atoms with Crippen LogP contribution >= 0.6 is 0 Å². The first-order valence-corrected chi connectivity index (χ1v) is 12.2. The van der Waals surface area contributed by atoms with Crippen molar-refractivity contribution >= 4 is 27.2 Å². The molecule has 1 heterocycles. The zero-order chi connectivity index (χ0) is 20.3.